The number of anilines is 1. The van der Waals surface area contributed by atoms with Gasteiger partial charge in [0.2, 0.25) is 6.79 Å². The van der Waals surface area contributed by atoms with Crippen LogP contribution in [-0.4, -0.2) is 47.8 Å². The minimum atomic E-state index is 0.319. The van der Waals surface area contributed by atoms with Gasteiger partial charge in [0.1, 0.15) is 16.5 Å². The molecular formula is C27H28N4O2S. The average molecular weight is 473 g/mol. The Balaban J connectivity index is 1.21. The smallest absolute Gasteiger partial charge is 0.231 e. The van der Waals surface area contributed by atoms with Gasteiger partial charge in [0, 0.05) is 44.0 Å². The Bertz CT molecular complexity index is 1300. The summed E-state index contributed by atoms with van der Waals surface area (Å²) in [7, 11) is 0. The van der Waals surface area contributed by atoms with Crippen molar-refractivity contribution in [3.63, 3.8) is 0 Å². The van der Waals surface area contributed by atoms with E-state index in [0.717, 1.165) is 73.5 Å². The van der Waals surface area contributed by atoms with E-state index >= 15 is 0 Å². The summed E-state index contributed by atoms with van der Waals surface area (Å²) in [4.78, 5) is 17.4. The average Bonchev–Trinajstić information content (AvgIpc) is 3.51. The Hall–Kier alpha value is -3.16. The molecule has 0 radical (unpaired) electrons. The van der Waals surface area contributed by atoms with Crippen molar-refractivity contribution in [1.29, 1.82) is 0 Å². The third kappa shape index (κ3) is 4.33. The van der Waals surface area contributed by atoms with Gasteiger partial charge in [0.05, 0.1) is 5.39 Å². The molecule has 2 aromatic heterocycles. The lowest BCUT2D eigenvalue weighted by Gasteiger charge is -2.35. The van der Waals surface area contributed by atoms with E-state index in [1.807, 2.05) is 6.07 Å². The summed E-state index contributed by atoms with van der Waals surface area (Å²) in [6.07, 6.45) is 1.78. The summed E-state index contributed by atoms with van der Waals surface area (Å²) in [5.74, 6) is 3.69. The Morgan fingerprint density at radius 2 is 1.71 bits per heavy atom. The molecule has 34 heavy (non-hydrogen) atoms. The molecule has 6 rings (SSSR count). The van der Waals surface area contributed by atoms with Crippen molar-refractivity contribution in [3.8, 4) is 11.5 Å². The maximum absolute atomic E-state index is 5.55. The minimum absolute atomic E-state index is 0.319. The van der Waals surface area contributed by atoms with Crippen molar-refractivity contribution in [1.82, 2.24) is 14.9 Å². The molecule has 0 bridgehead atoms. The van der Waals surface area contributed by atoms with E-state index in [2.05, 4.69) is 65.3 Å². The van der Waals surface area contributed by atoms with Crippen LogP contribution in [0.4, 0.5) is 5.82 Å². The van der Waals surface area contributed by atoms with E-state index < -0.39 is 0 Å². The summed E-state index contributed by atoms with van der Waals surface area (Å²) < 4.78 is 11.0. The summed E-state index contributed by atoms with van der Waals surface area (Å²) >= 11 is 1.80. The number of aromatic nitrogens is 2. The molecule has 0 N–H and O–H groups in total. The van der Waals surface area contributed by atoms with Crippen molar-refractivity contribution >= 4 is 27.4 Å². The van der Waals surface area contributed by atoms with E-state index in [1.165, 1.54) is 21.4 Å². The van der Waals surface area contributed by atoms with E-state index in [1.54, 1.807) is 11.3 Å². The third-order valence-corrected chi connectivity index (χ3v) is 7.71. The fourth-order valence-electron chi connectivity index (χ4n) is 4.69. The summed E-state index contributed by atoms with van der Waals surface area (Å²) in [5, 5.41) is 1.20. The predicted octanol–water partition coefficient (Wildman–Crippen LogP) is 4.90. The number of rotatable bonds is 6. The standard InChI is InChI=1S/C27H28N4O2S/c1-2-21-16-22-26(28-25(29-27(22)34-21)15-19-6-4-3-5-7-19)31-12-10-30(11-13-31)17-20-8-9-23-24(14-20)33-18-32-23/h3-9,14,16H,2,10-13,15,17-18H2,1H3. The first kappa shape index (κ1) is 21.4. The second kappa shape index (κ2) is 9.24. The quantitative estimate of drug-likeness (QED) is 0.398. The minimum Gasteiger partial charge on any atom is -0.454 e. The molecule has 2 aliphatic heterocycles. The first-order chi connectivity index (χ1) is 16.7. The van der Waals surface area contributed by atoms with Gasteiger partial charge in [-0.05, 0) is 35.7 Å². The first-order valence-electron chi connectivity index (χ1n) is 11.9. The van der Waals surface area contributed by atoms with Crippen LogP contribution >= 0.6 is 11.3 Å². The number of aryl methyl sites for hydroxylation is 1. The zero-order valence-electron chi connectivity index (χ0n) is 19.4. The fraction of sp³-hybridized carbons (Fsp3) is 0.333. The molecule has 1 fully saturated rings. The molecule has 1 saturated heterocycles. The Morgan fingerprint density at radius 1 is 0.882 bits per heavy atom. The first-order valence-corrected chi connectivity index (χ1v) is 12.8. The number of piperazine rings is 1. The lowest BCUT2D eigenvalue weighted by atomic mass is 10.1. The normalized spacial score (nSPS) is 15.9. The second-order valence-corrected chi connectivity index (χ2v) is 9.98. The molecule has 174 valence electrons. The molecule has 7 heteroatoms. The highest BCUT2D eigenvalue weighted by atomic mass is 32.1. The van der Waals surface area contributed by atoms with E-state index in [-0.39, 0.29) is 0 Å². The number of nitrogens with zero attached hydrogens (tertiary/aromatic N) is 4. The van der Waals surface area contributed by atoms with Crippen LogP contribution in [0.3, 0.4) is 0 Å². The monoisotopic (exact) mass is 472 g/mol. The molecular weight excluding hydrogens is 444 g/mol. The van der Waals surface area contributed by atoms with E-state index in [0.29, 0.717) is 6.79 Å². The lowest BCUT2D eigenvalue weighted by Crippen LogP contribution is -2.46. The van der Waals surface area contributed by atoms with Crippen molar-refractivity contribution in [2.75, 3.05) is 37.9 Å². The van der Waals surface area contributed by atoms with Crippen LogP contribution in [0, 0.1) is 0 Å². The number of benzene rings is 2. The Kier molecular flexibility index (Phi) is 5.81. The SMILES string of the molecule is CCc1cc2c(N3CCN(Cc4ccc5c(c4)OCO5)CC3)nc(Cc3ccccc3)nc2s1. The molecule has 2 aliphatic rings. The molecule has 0 amide bonds. The van der Waals surface area contributed by atoms with Crippen molar-refractivity contribution in [2.45, 2.75) is 26.3 Å². The number of fused-ring (bicyclic) bond motifs is 2. The molecule has 6 nitrogen and oxygen atoms in total. The van der Waals surface area contributed by atoms with Crippen LogP contribution in [-0.2, 0) is 19.4 Å². The largest absolute Gasteiger partial charge is 0.454 e. The van der Waals surface area contributed by atoms with Gasteiger partial charge in [-0.2, -0.15) is 0 Å². The number of thiophene rings is 1. The van der Waals surface area contributed by atoms with Crippen LogP contribution in [0.1, 0.15) is 28.8 Å². The highest BCUT2D eigenvalue weighted by molar-refractivity contribution is 7.18. The van der Waals surface area contributed by atoms with Crippen molar-refractivity contribution in [3.05, 3.63) is 76.4 Å². The predicted molar refractivity (Wildman–Crippen MR) is 136 cm³/mol. The molecule has 4 aromatic rings. The number of hydrogen-bond donors (Lipinski definition) is 0. The van der Waals surface area contributed by atoms with Crippen LogP contribution < -0.4 is 14.4 Å². The van der Waals surface area contributed by atoms with Gasteiger partial charge in [-0.15, -0.1) is 11.3 Å². The topological polar surface area (TPSA) is 50.7 Å². The van der Waals surface area contributed by atoms with Crippen LogP contribution in [0.25, 0.3) is 10.2 Å². The highest BCUT2D eigenvalue weighted by Crippen LogP contribution is 2.34. The van der Waals surface area contributed by atoms with Gasteiger partial charge in [0.25, 0.3) is 0 Å². The maximum Gasteiger partial charge on any atom is 0.231 e. The van der Waals surface area contributed by atoms with Gasteiger partial charge in [0.15, 0.2) is 11.5 Å². The van der Waals surface area contributed by atoms with Crippen molar-refractivity contribution in [2.24, 2.45) is 0 Å². The molecule has 0 aliphatic carbocycles. The molecule has 0 saturated carbocycles. The summed E-state index contributed by atoms with van der Waals surface area (Å²) in [5.41, 5.74) is 2.51. The zero-order chi connectivity index (χ0) is 22.9. The third-order valence-electron chi connectivity index (χ3n) is 6.54. The molecule has 0 spiro atoms. The van der Waals surface area contributed by atoms with Crippen LogP contribution in [0.5, 0.6) is 11.5 Å². The Labute approximate surface area is 203 Å². The number of ether oxygens (including phenoxy) is 2. The van der Waals surface area contributed by atoms with Gasteiger partial charge in [-0.25, -0.2) is 9.97 Å². The van der Waals surface area contributed by atoms with Gasteiger partial charge >= 0.3 is 0 Å². The van der Waals surface area contributed by atoms with Gasteiger partial charge in [-0.3, -0.25) is 4.90 Å². The molecule has 0 unspecified atom stereocenters. The molecule has 0 atom stereocenters. The molecule has 4 heterocycles. The number of hydrogen-bond acceptors (Lipinski definition) is 7. The van der Waals surface area contributed by atoms with Crippen LogP contribution in [0.2, 0.25) is 0 Å². The summed E-state index contributed by atoms with van der Waals surface area (Å²) in [6.45, 7) is 7.35. The lowest BCUT2D eigenvalue weighted by molar-refractivity contribution is 0.174. The summed E-state index contributed by atoms with van der Waals surface area (Å²) in [6, 6.07) is 19.1. The van der Waals surface area contributed by atoms with Gasteiger partial charge < -0.3 is 14.4 Å². The van der Waals surface area contributed by atoms with Crippen LogP contribution in [0.15, 0.2) is 54.6 Å². The highest BCUT2D eigenvalue weighted by Gasteiger charge is 2.23. The molecule has 2 aromatic carbocycles. The van der Waals surface area contributed by atoms with Gasteiger partial charge in [-0.1, -0.05) is 43.3 Å². The van der Waals surface area contributed by atoms with E-state index in [4.69, 9.17) is 19.4 Å². The second-order valence-electron chi connectivity index (χ2n) is 8.86. The fourth-order valence-corrected chi connectivity index (χ4v) is 5.67. The Morgan fingerprint density at radius 3 is 2.53 bits per heavy atom. The van der Waals surface area contributed by atoms with E-state index in [9.17, 15) is 0 Å². The maximum atomic E-state index is 5.55. The zero-order valence-corrected chi connectivity index (χ0v) is 20.2. The van der Waals surface area contributed by atoms with Crippen molar-refractivity contribution < 1.29 is 9.47 Å².